The van der Waals surface area contributed by atoms with Crippen LogP contribution in [-0.4, -0.2) is 22.5 Å². The maximum absolute atomic E-state index is 5.60. The Kier molecular flexibility index (Phi) is 3.62. The number of nitrogens with zero attached hydrogens (tertiary/aromatic N) is 2. The predicted molar refractivity (Wildman–Crippen MR) is 72.9 cm³/mol. The Labute approximate surface area is 109 Å². The van der Waals surface area contributed by atoms with Crippen molar-refractivity contribution in [3.8, 4) is 0 Å². The van der Waals surface area contributed by atoms with E-state index in [9.17, 15) is 0 Å². The molecule has 2 unspecified atom stereocenters. The number of likely N-dealkylation sites (tertiary alicyclic amines) is 1. The Morgan fingerprint density at radius 1 is 1.22 bits per heavy atom. The van der Waals surface area contributed by atoms with Crippen molar-refractivity contribution >= 4 is 0 Å². The molecule has 2 atom stereocenters. The third-order valence-corrected chi connectivity index (χ3v) is 4.59. The second-order valence-electron chi connectivity index (χ2n) is 5.73. The van der Waals surface area contributed by atoms with Crippen LogP contribution in [0.2, 0.25) is 0 Å². The highest BCUT2D eigenvalue weighted by atomic mass is 15.2. The van der Waals surface area contributed by atoms with Gasteiger partial charge < -0.3 is 5.73 Å². The fourth-order valence-corrected chi connectivity index (χ4v) is 3.63. The average Bonchev–Trinajstić information content (AvgIpc) is 2.89. The second kappa shape index (κ2) is 5.37. The third-order valence-electron chi connectivity index (χ3n) is 4.59. The molecule has 1 saturated carbocycles. The van der Waals surface area contributed by atoms with E-state index in [-0.39, 0.29) is 0 Å². The first-order chi connectivity index (χ1) is 8.86. The van der Waals surface area contributed by atoms with E-state index in [0.29, 0.717) is 6.54 Å². The van der Waals surface area contributed by atoms with Gasteiger partial charge >= 0.3 is 0 Å². The summed E-state index contributed by atoms with van der Waals surface area (Å²) in [6, 6.07) is 5.08. The highest BCUT2D eigenvalue weighted by Crippen LogP contribution is 2.37. The molecule has 1 aliphatic carbocycles. The van der Waals surface area contributed by atoms with Crippen LogP contribution in [0.25, 0.3) is 0 Å². The molecule has 18 heavy (non-hydrogen) atoms. The first-order valence-corrected chi connectivity index (χ1v) is 7.25. The van der Waals surface area contributed by atoms with Crippen LogP contribution < -0.4 is 5.73 Å². The van der Waals surface area contributed by atoms with Crippen LogP contribution in [0.4, 0.5) is 0 Å². The van der Waals surface area contributed by atoms with Crippen molar-refractivity contribution in [1.29, 1.82) is 0 Å². The molecular formula is C15H23N3. The zero-order chi connectivity index (χ0) is 12.4. The third kappa shape index (κ3) is 2.43. The van der Waals surface area contributed by atoms with Gasteiger partial charge in [0.05, 0.1) is 5.69 Å². The lowest BCUT2D eigenvalue weighted by Gasteiger charge is -2.37. The van der Waals surface area contributed by atoms with Crippen LogP contribution in [0.5, 0.6) is 0 Å². The van der Waals surface area contributed by atoms with Crippen LogP contribution in [0.1, 0.15) is 43.4 Å². The molecular weight excluding hydrogens is 222 g/mol. The van der Waals surface area contributed by atoms with Gasteiger partial charge in [0.1, 0.15) is 0 Å². The van der Waals surface area contributed by atoms with Crippen molar-refractivity contribution in [3.05, 3.63) is 29.6 Å². The highest BCUT2D eigenvalue weighted by Gasteiger charge is 2.34. The molecule has 1 aromatic heterocycles. The van der Waals surface area contributed by atoms with Crippen LogP contribution in [0.3, 0.4) is 0 Å². The van der Waals surface area contributed by atoms with Crippen molar-refractivity contribution in [2.75, 3.05) is 6.54 Å². The van der Waals surface area contributed by atoms with Crippen molar-refractivity contribution in [2.24, 2.45) is 11.7 Å². The maximum Gasteiger partial charge on any atom is 0.0544 e. The first-order valence-electron chi connectivity index (χ1n) is 7.25. The molecule has 2 heterocycles. The molecule has 3 nitrogen and oxygen atoms in total. The van der Waals surface area contributed by atoms with E-state index in [1.165, 1.54) is 44.3 Å². The lowest BCUT2D eigenvalue weighted by molar-refractivity contribution is 0.104. The van der Waals surface area contributed by atoms with E-state index in [1.54, 1.807) is 0 Å². The standard InChI is InChI=1S/C15H23N3/c16-9-12-6-7-14(17-10-12)11-18-8-2-4-13-3-1-5-15(13)18/h6-7,10,13,15H,1-5,8-9,11,16H2. The van der Waals surface area contributed by atoms with Gasteiger partial charge in [-0.05, 0) is 49.8 Å². The Balaban J connectivity index is 1.67. The molecule has 2 fully saturated rings. The van der Waals surface area contributed by atoms with Crippen molar-refractivity contribution in [2.45, 2.75) is 51.2 Å². The number of hydrogen-bond donors (Lipinski definition) is 1. The number of aromatic nitrogens is 1. The summed E-state index contributed by atoms with van der Waals surface area (Å²) in [6.07, 6.45) is 8.99. The number of hydrogen-bond acceptors (Lipinski definition) is 3. The molecule has 2 N–H and O–H groups in total. The van der Waals surface area contributed by atoms with E-state index in [0.717, 1.165) is 24.1 Å². The van der Waals surface area contributed by atoms with Crippen LogP contribution in [0.15, 0.2) is 18.3 Å². The normalized spacial score (nSPS) is 28.3. The number of piperidine rings is 1. The average molecular weight is 245 g/mol. The highest BCUT2D eigenvalue weighted by molar-refractivity contribution is 5.14. The largest absolute Gasteiger partial charge is 0.326 e. The molecule has 2 aliphatic rings. The minimum Gasteiger partial charge on any atom is -0.326 e. The number of rotatable bonds is 3. The lowest BCUT2D eigenvalue weighted by atomic mass is 9.92. The summed E-state index contributed by atoms with van der Waals surface area (Å²) in [5.41, 5.74) is 7.92. The number of nitrogens with two attached hydrogens (primary N) is 1. The Bertz CT molecular complexity index is 387. The van der Waals surface area contributed by atoms with Crippen LogP contribution >= 0.6 is 0 Å². The van der Waals surface area contributed by atoms with Crippen molar-refractivity contribution in [3.63, 3.8) is 0 Å². The Hall–Kier alpha value is -0.930. The molecule has 0 aromatic carbocycles. The topological polar surface area (TPSA) is 42.1 Å². The first kappa shape index (κ1) is 12.1. The van der Waals surface area contributed by atoms with Gasteiger partial charge in [0.25, 0.3) is 0 Å². The van der Waals surface area contributed by atoms with E-state index < -0.39 is 0 Å². The zero-order valence-corrected chi connectivity index (χ0v) is 11.0. The molecule has 3 rings (SSSR count). The zero-order valence-electron chi connectivity index (χ0n) is 11.0. The van der Waals surface area contributed by atoms with Gasteiger partial charge in [-0.15, -0.1) is 0 Å². The van der Waals surface area contributed by atoms with Gasteiger partial charge in [0.15, 0.2) is 0 Å². The second-order valence-corrected chi connectivity index (χ2v) is 5.73. The summed E-state index contributed by atoms with van der Waals surface area (Å²) in [6.45, 7) is 2.86. The molecule has 0 amide bonds. The quantitative estimate of drug-likeness (QED) is 0.888. The summed E-state index contributed by atoms with van der Waals surface area (Å²) in [5.74, 6) is 0.960. The molecule has 1 saturated heterocycles. The van der Waals surface area contributed by atoms with Crippen molar-refractivity contribution in [1.82, 2.24) is 9.88 Å². The lowest BCUT2D eigenvalue weighted by Crippen LogP contribution is -2.42. The molecule has 98 valence electrons. The van der Waals surface area contributed by atoms with Crippen LogP contribution in [0, 0.1) is 5.92 Å². The summed E-state index contributed by atoms with van der Waals surface area (Å²) >= 11 is 0. The van der Waals surface area contributed by atoms with E-state index in [2.05, 4.69) is 22.0 Å². The molecule has 0 bridgehead atoms. The minimum atomic E-state index is 0.585. The summed E-state index contributed by atoms with van der Waals surface area (Å²) in [7, 11) is 0. The summed E-state index contributed by atoms with van der Waals surface area (Å²) in [5, 5.41) is 0. The summed E-state index contributed by atoms with van der Waals surface area (Å²) < 4.78 is 0. The molecule has 3 heteroatoms. The van der Waals surface area contributed by atoms with Gasteiger partial charge in [-0.25, -0.2) is 0 Å². The Morgan fingerprint density at radius 2 is 2.11 bits per heavy atom. The SMILES string of the molecule is NCc1ccc(CN2CCCC3CCCC32)nc1. The van der Waals surface area contributed by atoms with E-state index in [1.807, 2.05) is 6.20 Å². The van der Waals surface area contributed by atoms with Crippen LogP contribution in [-0.2, 0) is 13.1 Å². The van der Waals surface area contributed by atoms with E-state index in [4.69, 9.17) is 5.73 Å². The minimum absolute atomic E-state index is 0.585. The smallest absolute Gasteiger partial charge is 0.0544 e. The molecule has 0 radical (unpaired) electrons. The molecule has 0 spiro atoms. The van der Waals surface area contributed by atoms with Gasteiger partial charge in [0, 0.05) is 25.3 Å². The van der Waals surface area contributed by atoms with Gasteiger partial charge in [-0.1, -0.05) is 12.5 Å². The van der Waals surface area contributed by atoms with Gasteiger partial charge in [0.2, 0.25) is 0 Å². The fraction of sp³-hybridized carbons (Fsp3) is 0.667. The molecule has 1 aromatic rings. The molecule has 1 aliphatic heterocycles. The predicted octanol–water partition coefficient (Wildman–Crippen LogP) is 2.30. The van der Waals surface area contributed by atoms with Crippen molar-refractivity contribution < 1.29 is 0 Å². The number of pyridine rings is 1. The van der Waals surface area contributed by atoms with Gasteiger partial charge in [-0.3, -0.25) is 9.88 Å². The maximum atomic E-state index is 5.60. The monoisotopic (exact) mass is 245 g/mol. The fourth-order valence-electron chi connectivity index (χ4n) is 3.63. The van der Waals surface area contributed by atoms with Gasteiger partial charge in [-0.2, -0.15) is 0 Å². The summed E-state index contributed by atoms with van der Waals surface area (Å²) in [4.78, 5) is 7.19. The van der Waals surface area contributed by atoms with E-state index >= 15 is 0 Å². The Morgan fingerprint density at radius 3 is 2.89 bits per heavy atom. The number of fused-ring (bicyclic) bond motifs is 1.